The number of benzene rings is 1. The quantitative estimate of drug-likeness (QED) is 0.549. The molecule has 0 bridgehead atoms. The molecule has 3 N–H and O–H groups in total. The van der Waals surface area contributed by atoms with Crippen molar-refractivity contribution < 1.29 is 9.53 Å². The number of ether oxygens (including phenoxy) is 1. The first-order valence-corrected chi connectivity index (χ1v) is 10.3. The van der Waals surface area contributed by atoms with E-state index in [1.165, 1.54) is 4.57 Å². The second-order valence-electron chi connectivity index (χ2n) is 7.55. The monoisotopic (exact) mass is 410 g/mol. The Bertz CT molecular complexity index is 1120. The molecular formula is C21H26N6O3. The van der Waals surface area contributed by atoms with Gasteiger partial charge in [0, 0.05) is 19.5 Å². The van der Waals surface area contributed by atoms with Crippen LogP contribution < -0.4 is 16.2 Å². The number of hydrogen-bond donors (Lipinski definition) is 2. The number of nitrogens with zero attached hydrogens (tertiary/aromatic N) is 4. The number of rotatable bonds is 8. The van der Waals surface area contributed by atoms with E-state index in [-0.39, 0.29) is 23.4 Å². The third kappa shape index (κ3) is 4.14. The first kappa shape index (κ1) is 19.9. The van der Waals surface area contributed by atoms with Crippen LogP contribution in [0.25, 0.3) is 11.2 Å². The van der Waals surface area contributed by atoms with Crippen molar-refractivity contribution in [1.82, 2.24) is 24.4 Å². The number of nitrogens with two attached hydrogens (primary N) is 1. The van der Waals surface area contributed by atoms with Crippen molar-refractivity contribution in [2.24, 2.45) is 0 Å². The van der Waals surface area contributed by atoms with Crippen LogP contribution in [0.15, 0.2) is 29.1 Å². The number of unbranched alkanes of at least 4 members (excludes halogenated alkanes) is 1. The Morgan fingerprint density at radius 1 is 1.20 bits per heavy atom. The minimum atomic E-state index is -0.308. The Morgan fingerprint density at radius 3 is 2.73 bits per heavy atom. The third-order valence-electron chi connectivity index (χ3n) is 5.24. The van der Waals surface area contributed by atoms with Gasteiger partial charge in [-0.3, -0.25) is 9.36 Å². The standard InChI is InChI=1S/C21H26N6O3/c1-2-3-10-30-20-24-18(22)17-19(25-20)27(21(29)23-17)13-15-7-4-6-14(11-15)12-26-9-5-8-16(26)28/h4,6-7,11H,2-3,5,8-10,12-13H2,1H3,(H,23,29)(H2,22,24,25). The van der Waals surface area contributed by atoms with Crippen LogP contribution >= 0.6 is 0 Å². The van der Waals surface area contributed by atoms with Crippen molar-refractivity contribution in [3.63, 3.8) is 0 Å². The lowest BCUT2D eigenvalue weighted by atomic mass is 10.1. The Balaban J connectivity index is 1.60. The van der Waals surface area contributed by atoms with Gasteiger partial charge >= 0.3 is 11.7 Å². The molecule has 2 aromatic heterocycles. The number of hydrogen-bond acceptors (Lipinski definition) is 6. The summed E-state index contributed by atoms with van der Waals surface area (Å²) in [6.07, 6.45) is 3.40. The van der Waals surface area contributed by atoms with E-state index in [1.54, 1.807) is 0 Å². The fraction of sp³-hybridized carbons (Fsp3) is 0.429. The van der Waals surface area contributed by atoms with E-state index in [2.05, 4.69) is 21.9 Å². The molecule has 9 heteroatoms. The molecule has 0 radical (unpaired) electrons. The Labute approximate surface area is 173 Å². The van der Waals surface area contributed by atoms with Gasteiger partial charge in [-0.05, 0) is 24.0 Å². The van der Waals surface area contributed by atoms with Gasteiger partial charge in [0.1, 0.15) is 5.52 Å². The lowest BCUT2D eigenvalue weighted by molar-refractivity contribution is -0.128. The second kappa shape index (κ2) is 8.56. The maximum atomic E-state index is 12.6. The van der Waals surface area contributed by atoms with E-state index in [0.29, 0.717) is 37.3 Å². The number of aromatic nitrogens is 4. The van der Waals surface area contributed by atoms with Crippen LogP contribution in [0.4, 0.5) is 5.82 Å². The highest BCUT2D eigenvalue weighted by Gasteiger charge is 2.20. The summed E-state index contributed by atoms with van der Waals surface area (Å²) >= 11 is 0. The van der Waals surface area contributed by atoms with Crippen LogP contribution in [0.5, 0.6) is 6.01 Å². The molecule has 30 heavy (non-hydrogen) atoms. The minimum absolute atomic E-state index is 0.169. The van der Waals surface area contributed by atoms with Gasteiger partial charge < -0.3 is 20.4 Å². The number of fused-ring (bicyclic) bond motifs is 1. The van der Waals surface area contributed by atoms with Crippen LogP contribution in [0, 0.1) is 0 Å². The van der Waals surface area contributed by atoms with E-state index >= 15 is 0 Å². The van der Waals surface area contributed by atoms with E-state index in [1.807, 2.05) is 29.2 Å². The summed E-state index contributed by atoms with van der Waals surface area (Å²) in [6, 6.07) is 8.06. The van der Waals surface area contributed by atoms with Gasteiger partial charge in [0.25, 0.3) is 0 Å². The van der Waals surface area contributed by atoms with Crippen LogP contribution in [0.2, 0.25) is 0 Å². The van der Waals surface area contributed by atoms with Crippen LogP contribution in [-0.4, -0.2) is 43.5 Å². The summed E-state index contributed by atoms with van der Waals surface area (Å²) in [6.45, 7) is 4.26. The van der Waals surface area contributed by atoms with E-state index in [0.717, 1.165) is 36.9 Å². The number of H-pyrrole nitrogens is 1. The molecule has 9 nitrogen and oxygen atoms in total. The zero-order valence-corrected chi connectivity index (χ0v) is 17.1. The molecule has 1 aromatic carbocycles. The van der Waals surface area contributed by atoms with E-state index < -0.39 is 0 Å². The number of amides is 1. The van der Waals surface area contributed by atoms with E-state index in [9.17, 15) is 9.59 Å². The smallest absolute Gasteiger partial charge is 0.328 e. The molecule has 0 unspecified atom stereocenters. The molecule has 3 heterocycles. The zero-order chi connectivity index (χ0) is 21.1. The van der Waals surface area contributed by atoms with Gasteiger partial charge in [-0.25, -0.2) is 4.79 Å². The number of aromatic amines is 1. The second-order valence-corrected chi connectivity index (χ2v) is 7.55. The summed E-state index contributed by atoms with van der Waals surface area (Å²) < 4.78 is 7.11. The van der Waals surface area contributed by atoms with Gasteiger partial charge in [0.2, 0.25) is 5.91 Å². The molecule has 0 aliphatic carbocycles. The maximum Gasteiger partial charge on any atom is 0.328 e. The molecule has 1 amide bonds. The lowest BCUT2D eigenvalue weighted by Gasteiger charge is -2.16. The lowest BCUT2D eigenvalue weighted by Crippen LogP contribution is -2.24. The minimum Gasteiger partial charge on any atom is -0.463 e. The molecule has 1 aliphatic heterocycles. The fourth-order valence-corrected chi connectivity index (χ4v) is 3.65. The number of anilines is 1. The first-order valence-electron chi connectivity index (χ1n) is 10.3. The average Bonchev–Trinajstić information content (AvgIpc) is 3.26. The molecule has 1 aliphatic rings. The summed E-state index contributed by atoms with van der Waals surface area (Å²) in [5.41, 5.74) is 8.50. The summed E-state index contributed by atoms with van der Waals surface area (Å²) in [4.78, 5) is 37.6. The normalized spacial score (nSPS) is 14.0. The predicted octanol–water partition coefficient (Wildman–Crippen LogP) is 2.05. The maximum absolute atomic E-state index is 12.6. The van der Waals surface area contributed by atoms with Crippen LogP contribution in [0.3, 0.4) is 0 Å². The van der Waals surface area contributed by atoms with Crippen molar-refractivity contribution in [2.75, 3.05) is 18.9 Å². The highest BCUT2D eigenvalue weighted by atomic mass is 16.5. The molecule has 0 saturated carbocycles. The molecule has 158 valence electrons. The van der Waals surface area contributed by atoms with Gasteiger partial charge in [-0.1, -0.05) is 37.6 Å². The van der Waals surface area contributed by atoms with Gasteiger partial charge in [0.15, 0.2) is 11.5 Å². The Morgan fingerprint density at radius 2 is 2.00 bits per heavy atom. The van der Waals surface area contributed by atoms with Gasteiger partial charge in [-0.2, -0.15) is 9.97 Å². The SMILES string of the molecule is CCCCOc1nc(N)c2[nH]c(=O)n(Cc3cccc(CN4CCCC4=O)c3)c2n1. The van der Waals surface area contributed by atoms with Gasteiger partial charge in [-0.15, -0.1) is 0 Å². The number of imidazole rings is 1. The number of nitrogen functional groups attached to an aromatic ring is 1. The average molecular weight is 410 g/mol. The highest BCUT2D eigenvalue weighted by molar-refractivity contribution is 5.82. The topological polar surface area (TPSA) is 119 Å². The number of nitrogens with one attached hydrogen (secondary N) is 1. The number of likely N-dealkylation sites (tertiary alicyclic amines) is 1. The highest BCUT2D eigenvalue weighted by Crippen LogP contribution is 2.20. The van der Waals surface area contributed by atoms with Crippen molar-refractivity contribution >= 4 is 22.9 Å². The molecule has 4 rings (SSSR count). The van der Waals surface area contributed by atoms with Crippen LogP contribution in [0.1, 0.15) is 43.7 Å². The fourth-order valence-electron chi connectivity index (χ4n) is 3.65. The van der Waals surface area contributed by atoms with E-state index in [4.69, 9.17) is 10.5 Å². The Hall–Kier alpha value is -3.36. The third-order valence-corrected chi connectivity index (χ3v) is 5.24. The molecule has 0 atom stereocenters. The molecule has 3 aromatic rings. The van der Waals surface area contributed by atoms with Crippen molar-refractivity contribution in [3.8, 4) is 6.01 Å². The van der Waals surface area contributed by atoms with Crippen molar-refractivity contribution in [3.05, 3.63) is 45.9 Å². The zero-order valence-electron chi connectivity index (χ0n) is 17.1. The first-order chi connectivity index (χ1) is 14.5. The molecular weight excluding hydrogens is 384 g/mol. The molecule has 1 saturated heterocycles. The largest absolute Gasteiger partial charge is 0.463 e. The van der Waals surface area contributed by atoms with Gasteiger partial charge in [0.05, 0.1) is 13.2 Å². The van der Waals surface area contributed by atoms with Crippen LogP contribution in [-0.2, 0) is 17.9 Å². The van der Waals surface area contributed by atoms with Crippen molar-refractivity contribution in [2.45, 2.75) is 45.7 Å². The molecule has 0 spiro atoms. The summed E-state index contributed by atoms with van der Waals surface area (Å²) in [5, 5.41) is 0. The Kier molecular flexibility index (Phi) is 5.69. The summed E-state index contributed by atoms with van der Waals surface area (Å²) in [5.74, 6) is 0.375. The predicted molar refractivity (Wildman–Crippen MR) is 113 cm³/mol. The number of carbonyl (C=O) groups is 1. The van der Waals surface area contributed by atoms with Crippen molar-refractivity contribution in [1.29, 1.82) is 0 Å². The number of carbonyl (C=O) groups excluding carboxylic acids is 1. The molecule has 1 fully saturated rings. The summed E-state index contributed by atoms with van der Waals surface area (Å²) in [7, 11) is 0.